The van der Waals surface area contributed by atoms with Crippen molar-refractivity contribution in [3.63, 3.8) is 0 Å². The molecular weight excluding hydrogens is 218 g/mol. The normalized spacial score (nSPS) is 23.4. The lowest BCUT2D eigenvalue weighted by Gasteiger charge is -2.20. The van der Waals surface area contributed by atoms with Crippen LogP contribution >= 0.6 is 0 Å². The van der Waals surface area contributed by atoms with Gasteiger partial charge in [-0.3, -0.25) is 0 Å². The van der Waals surface area contributed by atoms with E-state index in [-0.39, 0.29) is 6.61 Å². The summed E-state index contributed by atoms with van der Waals surface area (Å²) in [4.78, 5) is 2.17. The van der Waals surface area contributed by atoms with E-state index in [1.165, 1.54) is 0 Å². The standard InChI is InChI=1S/C13H21NO3/c1-16-9-3-6-14-7-5-13(12-15)4-2-10-17-11-8-14/h2,4-5,7,10,15H,3,6,8-9,11-12H2,1H3/b7-5+,10-2+,13-4+. The van der Waals surface area contributed by atoms with E-state index in [0.29, 0.717) is 6.61 Å². The molecule has 17 heavy (non-hydrogen) atoms. The first kappa shape index (κ1) is 13.8. The van der Waals surface area contributed by atoms with E-state index < -0.39 is 0 Å². The fourth-order valence-electron chi connectivity index (χ4n) is 1.49. The molecule has 1 aliphatic rings. The molecule has 0 saturated carbocycles. The molecule has 0 amide bonds. The van der Waals surface area contributed by atoms with Crippen LogP contribution in [0.3, 0.4) is 0 Å². The van der Waals surface area contributed by atoms with Crippen molar-refractivity contribution in [3.05, 3.63) is 36.3 Å². The summed E-state index contributed by atoms with van der Waals surface area (Å²) in [6.45, 7) is 3.22. The summed E-state index contributed by atoms with van der Waals surface area (Å²) in [5, 5.41) is 9.14. The number of nitrogens with zero attached hydrogens (tertiary/aromatic N) is 1. The van der Waals surface area contributed by atoms with Gasteiger partial charge in [0.1, 0.15) is 6.61 Å². The maximum atomic E-state index is 9.14. The molecular formula is C13H21NO3. The molecule has 0 aromatic heterocycles. The van der Waals surface area contributed by atoms with Gasteiger partial charge in [0.05, 0.1) is 19.4 Å². The van der Waals surface area contributed by atoms with E-state index in [0.717, 1.165) is 31.7 Å². The molecule has 0 aromatic rings. The molecule has 0 saturated heterocycles. The van der Waals surface area contributed by atoms with Gasteiger partial charge in [0.2, 0.25) is 0 Å². The van der Waals surface area contributed by atoms with Crippen molar-refractivity contribution in [1.29, 1.82) is 0 Å². The van der Waals surface area contributed by atoms with E-state index in [1.807, 2.05) is 18.4 Å². The smallest absolute Gasteiger partial charge is 0.105 e. The minimum absolute atomic E-state index is 0.0345. The maximum absolute atomic E-state index is 9.14. The number of rotatable bonds is 5. The van der Waals surface area contributed by atoms with Crippen LogP contribution in [0.5, 0.6) is 0 Å². The first-order valence-electron chi connectivity index (χ1n) is 5.86. The van der Waals surface area contributed by atoms with E-state index >= 15 is 0 Å². The van der Waals surface area contributed by atoms with Gasteiger partial charge in [-0.05, 0) is 30.3 Å². The van der Waals surface area contributed by atoms with Gasteiger partial charge in [-0.2, -0.15) is 0 Å². The molecule has 0 spiro atoms. The first-order valence-corrected chi connectivity index (χ1v) is 5.86. The summed E-state index contributed by atoms with van der Waals surface area (Å²) in [6.07, 6.45) is 10.2. The van der Waals surface area contributed by atoms with Gasteiger partial charge < -0.3 is 19.5 Å². The van der Waals surface area contributed by atoms with Crippen molar-refractivity contribution in [2.24, 2.45) is 0 Å². The molecule has 1 heterocycles. The first-order chi connectivity index (χ1) is 8.36. The highest BCUT2D eigenvalue weighted by Gasteiger charge is 2.00. The zero-order valence-electron chi connectivity index (χ0n) is 10.3. The quantitative estimate of drug-likeness (QED) is 0.734. The van der Waals surface area contributed by atoms with Crippen LogP contribution in [0.4, 0.5) is 0 Å². The summed E-state index contributed by atoms with van der Waals surface area (Å²) in [5.41, 5.74) is 0.864. The Kier molecular flexibility index (Phi) is 7.18. The fraction of sp³-hybridized carbons (Fsp3) is 0.538. The van der Waals surface area contributed by atoms with Crippen molar-refractivity contribution in [2.75, 3.05) is 40.0 Å². The van der Waals surface area contributed by atoms with Gasteiger partial charge in [0, 0.05) is 20.3 Å². The van der Waals surface area contributed by atoms with Gasteiger partial charge in [-0.25, -0.2) is 0 Å². The van der Waals surface area contributed by atoms with Gasteiger partial charge in [-0.15, -0.1) is 0 Å². The Balaban J connectivity index is 2.53. The molecule has 1 rings (SSSR count). The van der Waals surface area contributed by atoms with Crippen LogP contribution < -0.4 is 0 Å². The number of hydrogen-bond acceptors (Lipinski definition) is 4. The molecule has 0 aromatic carbocycles. The Bertz CT molecular complexity index is 284. The Morgan fingerprint density at radius 3 is 3.18 bits per heavy atom. The molecule has 4 heteroatoms. The molecule has 0 radical (unpaired) electrons. The summed E-state index contributed by atoms with van der Waals surface area (Å²) < 4.78 is 10.4. The molecule has 1 N–H and O–H groups in total. The third kappa shape index (κ3) is 6.14. The molecule has 0 bridgehead atoms. The van der Waals surface area contributed by atoms with Crippen molar-refractivity contribution >= 4 is 0 Å². The van der Waals surface area contributed by atoms with Gasteiger partial charge >= 0.3 is 0 Å². The molecule has 0 unspecified atom stereocenters. The largest absolute Gasteiger partial charge is 0.499 e. The lowest BCUT2D eigenvalue weighted by molar-refractivity contribution is 0.170. The number of aliphatic hydroxyl groups is 1. The van der Waals surface area contributed by atoms with Gasteiger partial charge in [0.15, 0.2) is 0 Å². The Labute approximate surface area is 103 Å². The Hall–Kier alpha value is -1.26. The third-order valence-electron chi connectivity index (χ3n) is 2.46. The lowest BCUT2D eigenvalue weighted by Crippen LogP contribution is -2.24. The summed E-state index contributed by atoms with van der Waals surface area (Å²) in [7, 11) is 1.71. The predicted octanol–water partition coefficient (Wildman–Crippen LogP) is 1.30. The highest BCUT2D eigenvalue weighted by Crippen LogP contribution is 2.02. The van der Waals surface area contributed by atoms with E-state index in [4.69, 9.17) is 14.6 Å². The van der Waals surface area contributed by atoms with Crippen LogP contribution in [-0.4, -0.2) is 50.0 Å². The predicted molar refractivity (Wildman–Crippen MR) is 67.5 cm³/mol. The van der Waals surface area contributed by atoms with Crippen LogP contribution in [0.2, 0.25) is 0 Å². The van der Waals surface area contributed by atoms with E-state index in [2.05, 4.69) is 4.90 Å². The Morgan fingerprint density at radius 1 is 1.53 bits per heavy atom. The van der Waals surface area contributed by atoms with Crippen LogP contribution in [0.15, 0.2) is 36.3 Å². The Morgan fingerprint density at radius 2 is 2.41 bits per heavy atom. The van der Waals surface area contributed by atoms with Crippen molar-refractivity contribution in [2.45, 2.75) is 6.42 Å². The van der Waals surface area contributed by atoms with E-state index in [9.17, 15) is 0 Å². The summed E-state index contributed by atoms with van der Waals surface area (Å²) in [6, 6.07) is 0. The molecule has 0 aliphatic carbocycles. The van der Waals surface area contributed by atoms with Gasteiger partial charge in [-0.1, -0.05) is 6.08 Å². The highest BCUT2D eigenvalue weighted by atomic mass is 16.5. The molecule has 4 nitrogen and oxygen atoms in total. The van der Waals surface area contributed by atoms with Crippen molar-refractivity contribution in [3.8, 4) is 0 Å². The SMILES string of the molecule is COCCCN1/C=C/C(CO)=C\C=C\OCC1. The zero-order valence-corrected chi connectivity index (χ0v) is 10.3. The van der Waals surface area contributed by atoms with Crippen LogP contribution in [0.25, 0.3) is 0 Å². The molecule has 0 fully saturated rings. The molecule has 0 atom stereocenters. The fourth-order valence-corrected chi connectivity index (χ4v) is 1.49. The van der Waals surface area contributed by atoms with Gasteiger partial charge in [0.25, 0.3) is 0 Å². The van der Waals surface area contributed by atoms with Crippen LogP contribution in [0, 0.1) is 0 Å². The highest BCUT2D eigenvalue weighted by molar-refractivity contribution is 5.23. The number of methoxy groups -OCH3 is 1. The molecule has 96 valence electrons. The second-order valence-electron chi connectivity index (χ2n) is 3.80. The zero-order chi connectivity index (χ0) is 12.3. The van der Waals surface area contributed by atoms with Crippen molar-refractivity contribution in [1.82, 2.24) is 4.90 Å². The van der Waals surface area contributed by atoms with Crippen LogP contribution in [0.1, 0.15) is 6.42 Å². The van der Waals surface area contributed by atoms with Crippen molar-refractivity contribution < 1.29 is 14.6 Å². The number of hydrogen-bond donors (Lipinski definition) is 1. The monoisotopic (exact) mass is 239 g/mol. The summed E-state index contributed by atoms with van der Waals surface area (Å²) in [5.74, 6) is 0. The minimum Gasteiger partial charge on any atom is -0.499 e. The maximum Gasteiger partial charge on any atom is 0.105 e. The summed E-state index contributed by atoms with van der Waals surface area (Å²) >= 11 is 0. The van der Waals surface area contributed by atoms with E-state index in [1.54, 1.807) is 19.4 Å². The average Bonchev–Trinajstić information content (AvgIpc) is 2.37. The lowest BCUT2D eigenvalue weighted by atomic mass is 10.2. The third-order valence-corrected chi connectivity index (χ3v) is 2.46. The average molecular weight is 239 g/mol. The topological polar surface area (TPSA) is 41.9 Å². The molecule has 1 aliphatic heterocycles. The number of ether oxygens (including phenoxy) is 2. The second-order valence-corrected chi connectivity index (χ2v) is 3.80. The number of allylic oxidation sites excluding steroid dienone is 2. The second kappa shape index (κ2) is 8.84. The minimum atomic E-state index is 0.0345. The van der Waals surface area contributed by atoms with Crippen LogP contribution in [-0.2, 0) is 9.47 Å². The number of aliphatic hydroxyl groups excluding tert-OH is 1.